The van der Waals surface area contributed by atoms with Gasteiger partial charge in [-0.3, -0.25) is 9.52 Å². The number of methoxy groups -OCH3 is 2. The summed E-state index contributed by atoms with van der Waals surface area (Å²) in [6, 6.07) is 17.7. The molecule has 33 heavy (non-hydrogen) atoms. The van der Waals surface area contributed by atoms with Crippen LogP contribution in [0.5, 0.6) is 17.2 Å². The van der Waals surface area contributed by atoms with Crippen LogP contribution >= 0.6 is 0 Å². The molecule has 0 aromatic heterocycles. The minimum atomic E-state index is -3.77. The Morgan fingerprint density at radius 2 is 1.45 bits per heavy atom. The van der Waals surface area contributed by atoms with Gasteiger partial charge in [0.25, 0.3) is 15.9 Å². The van der Waals surface area contributed by atoms with Gasteiger partial charge in [0.05, 0.1) is 25.7 Å². The number of carbonyl (C=O) groups is 1. The summed E-state index contributed by atoms with van der Waals surface area (Å²) in [5.74, 6) is 1.56. The normalized spacial score (nSPS) is 10.9. The molecule has 0 radical (unpaired) electrons. The Kier molecular flexibility index (Phi) is 7.78. The second-order valence-electron chi connectivity index (χ2n) is 6.99. The molecular weight excluding hydrogens is 444 g/mol. The van der Waals surface area contributed by atoms with E-state index < -0.39 is 10.0 Å². The van der Waals surface area contributed by atoms with Gasteiger partial charge < -0.3 is 19.5 Å². The maximum atomic E-state index is 12.6. The summed E-state index contributed by atoms with van der Waals surface area (Å²) in [5.41, 5.74) is 1.56. The molecule has 0 unspecified atom stereocenters. The van der Waals surface area contributed by atoms with E-state index >= 15 is 0 Å². The highest BCUT2D eigenvalue weighted by Gasteiger charge is 2.15. The molecule has 0 fully saturated rings. The third kappa shape index (κ3) is 6.39. The van der Waals surface area contributed by atoms with Gasteiger partial charge in [-0.2, -0.15) is 0 Å². The monoisotopic (exact) mass is 470 g/mol. The summed E-state index contributed by atoms with van der Waals surface area (Å²) in [6.45, 7) is 2.63. The zero-order chi connectivity index (χ0) is 23.8. The first-order valence-electron chi connectivity index (χ1n) is 10.2. The predicted molar refractivity (Wildman–Crippen MR) is 126 cm³/mol. The van der Waals surface area contributed by atoms with Crippen molar-refractivity contribution < 1.29 is 27.4 Å². The largest absolute Gasteiger partial charge is 0.497 e. The molecule has 9 heteroatoms. The molecule has 174 valence electrons. The second kappa shape index (κ2) is 10.7. The number of benzene rings is 3. The summed E-state index contributed by atoms with van der Waals surface area (Å²) in [7, 11) is -0.651. The predicted octanol–water partition coefficient (Wildman–Crippen LogP) is 3.83. The van der Waals surface area contributed by atoms with Gasteiger partial charge in [0.2, 0.25) is 0 Å². The fraction of sp³-hybridized carbons (Fsp3) is 0.208. The zero-order valence-electron chi connectivity index (χ0n) is 18.6. The van der Waals surface area contributed by atoms with Crippen LogP contribution in [0.4, 0.5) is 5.69 Å². The Morgan fingerprint density at radius 1 is 0.848 bits per heavy atom. The number of hydrogen-bond donors (Lipinski definition) is 2. The van der Waals surface area contributed by atoms with Crippen molar-refractivity contribution in [2.24, 2.45) is 0 Å². The molecule has 0 aliphatic rings. The molecule has 0 saturated heterocycles. The van der Waals surface area contributed by atoms with Crippen LogP contribution in [-0.2, 0) is 16.6 Å². The molecule has 0 aliphatic carbocycles. The van der Waals surface area contributed by atoms with Gasteiger partial charge in [-0.15, -0.1) is 0 Å². The van der Waals surface area contributed by atoms with Crippen LogP contribution in [0.1, 0.15) is 22.8 Å². The third-order valence-electron chi connectivity index (χ3n) is 4.71. The van der Waals surface area contributed by atoms with Crippen molar-refractivity contribution in [3.05, 3.63) is 77.9 Å². The number of carbonyl (C=O) groups excluding carboxylic acids is 1. The zero-order valence-corrected chi connectivity index (χ0v) is 19.4. The van der Waals surface area contributed by atoms with E-state index in [0.29, 0.717) is 35.1 Å². The van der Waals surface area contributed by atoms with E-state index in [4.69, 9.17) is 14.2 Å². The smallest absolute Gasteiger partial charge is 0.261 e. The van der Waals surface area contributed by atoms with Crippen molar-refractivity contribution in [2.75, 3.05) is 25.5 Å². The maximum Gasteiger partial charge on any atom is 0.261 e. The Bertz CT molecular complexity index is 1170. The van der Waals surface area contributed by atoms with E-state index in [1.54, 1.807) is 44.6 Å². The van der Waals surface area contributed by atoms with Gasteiger partial charge in [-0.25, -0.2) is 8.42 Å². The number of nitrogens with one attached hydrogen (secondary N) is 2. The Labute approximate surface area is 193 Å². The lowest BCUT2D eigenvalue weighted by Gasteiger charge is -2.11. The summed E-state index contributed by atoms with van der Waals surface area (Å²) < 4.78 is 43.5. The number of ether oxygens (including phenoxy) is 3. The molecule has 3 aromatic carbocycles. The molecule has 3 aromatic rings. The van der Waals surface area contributed by atoms with Crippen molar-refractivity contribution in [3.63, 3.8) is 0 Å². The fourth-order valence-electron chi connectivity index (χ4n) is 3.04. The second-order valence-corrected chi connectivity index (χ2v) is 8.67. The topological polar surface area (TPSA) is 103 Å². The number of sulfonamides is 1. The molecule has 0 saturated carbocycles. The molecule has 0 aliphatic heterocycles. The van der Waals surface area contributed by atoms with E-state index in [-0.39, 0.29) is 17.3 Å². The first-order chi connectivity index (χ1) is 15.8. The molecule has 3 rings (SSSR count). The summed E-state index contributed by atoms with van der Waals surface area (Å²) in [4.78, 5) is 12.6. The minimum Gasteiger partial charge on any atom is -0.497 e. The van der Waals surface area contributed by atoms with Gasteiger partial charge in [0.15, 0.2) is 0 Å². The van der Waals surface area contributed by atoms with E-state index in [1.807, 2.05) is 19.1 Å². The van der Waals surface area contributed by atoms with Gasteiger partial charge in [-0.05, 0) is 73.2 Å². The van der Waals surface area contributed by atoms with Crippen LogP contribution in [0.25, 0.3) is 0 Å². The molecule has 0 bridgehead atoms. The first kappa shape index (κ1) is 23.9. The van der Waals surface area contributed by atoms with Gasteiger partial charge >= 0.3 is 0 Å². The highest BCUT2D eigenvalue weighted by molar-refractivity contribution is 7.92. The van der Waals surface area contributed by atoms with Crippen LogP contribution in [0.2, 0.25) is 0 Å². The number of amides is 1. The van der Waals surface area contributed by atoms with E-state index in [0.717, 1.165) is 5.56 Å². The van der Waals surface area contributed by atoms with Crippen LogP contribution < -0.4 is 24.2 Å². The maximum absolute atomic E-state index is 12.6. The Morgan fingerprint density at radius 3 is 2.00 bits per heavy atom. The van der Waals surface area contributed by atoms with Crippen molar-refractivity contribution in [1.29, 1.82) is 0 Å². The average molecular weight is 471 g/mol. The number of anilines is 1. The van der Waals surface area contributed by atoms with E-state index in [1.165, 1.54) is 24.3 Å². The lowest BCUT2D eigenvalue weighted by molar-refractivity contribution is 0.0951. The summed E-state index contributed by atoms with van der Waals surface area (Å²) in [6.07, 6.45) is 0. The number of hydrogen-bond acceptors (Lipinski definition) is 6. The molecule has 0 spiro atoms. The van der Waals surface area contributed by atoms with Crippen molar-refractivity contribution >= 4 is 21.6 Å². The van der Waals surface area contributed by atoms with Crippen LogP contribution in [0.3, 0.4) is 0 Å². The highest BCUT2D eigenvalue weighted by atomic mass is 32.2. The molecule has 1 amide bonds. The van der Waals surface area contributed by atoms with E-state index in [9.17, 15) is 13.2 Å². The quantitative estimate of drug-likeness (QED) is 0.467. The molecule has 0 atom stereocenters. The van der Waals surface area contributed by atoms with Gasteiger partial charge in [-0.1, -0.05) is 0 Å². The van der Waals surface area contributed by atoms with Gasteiger partial charge in [0.1, 0.15) is 17.2 Å². The summed E-state index contributed by atoms with van der Waals surface area (Å²) in [5, 5.41) is 2.83. The molecular formula is C24H26N2O6S. The third-order valence-corrected chi connectivity index (χ3v) is 6.11. The van der Waals surface area contributed by atoms with Crippen LogP contribution in [0, 0.1) is 0 Å². The SMILES string of the molecule is CCOc1ccc(S(=O)(=O)Nc2ccc(C(=O)NCc3cc(OC)cc(OC)c3)cc2)cc1. The van der Waals surface area contributed by atoms with Crippen molar-refractivity contribution in [2.45, 2.75) is 18.4 Å². The number of rotatable bonds is 10. The van der Waals surface area contributed by atoms with Crippen LogP contribution in [0.15, 0.2) is 71.6 Å². The molecule has 8 nitrogen and oxygen atoms in total. The van der Waals surface area contributed by atoms with Gasteiger partial charge in [0, 0.05) is 23.9 Å². The van der Waals surface area contributed by atoms with Crippen LogP contribution in [-0.4, -0.2) is 35.2 Å². The molecule has 0 heterocycles. The van der Waals surface area contributed by atoms with E-state index in [2.05, 4.69) is 10.0 Å². The lowest BCUT2D eigenvalue weighted by atomic mass is 10.1. The fourth-order valence-corrected chi connectivity index (χ4v) is 4.10. The Balaban J connectivity index is 1.63. The summed E-state index contributed by atoms with van der Waals surface area (Å²) >= 11 is 0. The minimum absolute atomic E-state index is 0.112. The first-order valence-corrected chi connectivity index (χ1v) is 11.7. The standard InChI is InChI=1S/C24H26N2O6S/c1-4-32-20-9-11-23(12-10-20)33(28,29)26-19-7-5-18(6-8-19)24(27)25-16-17-13-21(30-2)15-22(14-17)31-3/h5-15,26H,4,16H2,1-3H3,(H,25,27). The highest BCUT2D eigenvalue weighted by Crippen LogP contribution is 2.23. The Hall–Kier alpha value is -3.72. The average Bonchev–Trinajstić information content (AvgIpc) is 2.83. The molecule has 2 N–H and O–H groups in total. The van der Waals surface area contributed by atoms with Crippen molar-refractivity contribution in [3.8, 4) is 17.2 Å². The van der Waals surface area contributed by atoms with Crippen molar-refractivity contribution in [1.82, 2.24) is 5.32 Å². The lowest BCUT2D eigenvalue weighted by Crippen LogP contribution is -2.22.